The van der Waals surface area contributed by atoms with Gasteiger partial charge in [-0.15, -0.1) is 10.2 Å². The first-order valence-corrected chi connectivity index (χ1v) is 4.58. The Morgan fingerprint density at radius 2 is 2.54 bits per heavy atom. The molecular weight excluding hydrogens is 190 g/mol. The van der Waals surface area contributed by atoms with Crippen LogP contribution in [-0.4, -0.2) is 25.2 Å². The van der Waals surface area contributed by atoms with Crippen molar-refractivity contribution in [2.24, 2.45) is 7.05 Å². The molecule has 0 amide bonds. The van der Waals surface area contributed by atoms with E-state index in [0.717, 1.165) is 0 Å². The highest BCUT2D eigenvalue weighted by Crippen LogP contribution is 2.17. The normalized spacial score (nSPS) is 10.5. The summed E-state index contributed by atoms with van der Waals surface area (Å²) in [5.74, 6) is 1.29. The third-order valence-electron chi connectivity index (χ3n) is 1.28. The van der Waals surface area contributed by atoms with E-state index in [-0.39, 0.29) is 0 Å². The Morgan fingerprint density at radius 3 is 3.15 bits per heavy atom. The van der Waals surface area contributed by atoms with Crippen LogP contribution in [0.15, 0.2) is 22.1 Å². The van der Waals surface area contributed by atoms with E-state index in [1.165, 1.54) is 22.8 Å². The van der Waals surface area contributed by atoms with Gasteiger partial charge < -0.3 is 4.42 Å². The molecule has 2 aromatic heterocycles. The summed E-state index contributed by atoms with van der Waals surface area (Å²) in [6.45, 7) is 0. The van der Waals surface area contributed by atoms with Crippen molar-refractivity contribution in [2.45, 2.75) is 11.0 Å². The predicted molar refractivity (Wildman–Crippen MR) is 44.9 cm³/mol. The SMILES string of the molecule is Cn1nnc(CSc2ncco2)n1. The fourth-order valence-corrected chi connectivity index (χ4v) is 1.42. The third-order valence-corrected chi connectivity index (χ3v) is 2.14. The van der Waals surface area contributed by atoms with Crippen molar-refractivity contribution in [2.75, 3.05) is 0 Å². The Kier molecular flexibility index (Phi) is 2.26. The molecule has 2 heterocycles. The van der Waals surface area contributed by atoms with E-state index in [9.17, 15) is 0 Å². The summed E-state index contributed by atoms with van der Waals surface area (Å²) in [4.78, 5) is 5.37. The lowest BCUT2D eigenvalue weighted by Crippen LogP contribution is -1.92. The standard InChI is InChI=1S/C6H7N5OS/c1-11-9-5(8-10-11)4-13-6-7-2-3-12-6/h2-3H,4H2,1H3. The average Bonchev–Trinajstić information content (AvgIpc) is 2.71. The van der Waals surface area contributed by atoms with Crippen LogP contribution in [0, 0.1) is 0 Å². The molecule has 13 heavy (non-hydrogen) atoms. The van der Waals surface area contributed by atoms with Gasteiger partial charge in [-0.1, -0.05) is 11.8 Å². The van der Waals surface area contributed by atoms with E-state index >= 15 is 0 Å². The molecule has 0 spiro atoms. The number of aryl methyl sites for hydroxylation is 1. The van der Waals surface area contributed by atoms with E-state index in [1.807, 2.05) is 0 Å². The zero-order chi connectivity index (χ0) is 9.10. The maximum atomic E-state index is 5.03. The minimum atomic E-state index is 0.618. The Balaban J connectivity index is 1.93. The van der Waals surface area contributed by atoms with Crippen molar-refractivity contribution in [3.63, 3.8) is 0 Å². The summed E-state index contributed by atoms with van der Waals surface area (Å²) in [6.07, 6.45) is 3.14. The molecule has 68 valence electrons. The van der Waals surface area contributed by atoms with E-state index < -0.39 is 0 Å². The fraction of sp³-hybridized carbons (Fsp3) is 0.333. The molecule has 0 saturated carbocycles. The van der Waals surface area contributed by atoms with Crippen molar-refractivity contribution in [3.8, 4) is 0 Å². The lowest BCUT2D eigenvalue weighted by atomic mass is 10.8. The summed E-state index contributed by atoms with van der Waals surface area (Å²) >= 11 is 1.44. The number of hydrogen-bond donors (Lipinski definition) is 0. The first-order chi connectivity index (χ1) is 6.34. The van der Waals surface area contributed by atoms with Crippen LogP contribution in [0.25, 0.3) is 0 Å². The third kappa shape index (κ3) is 2.05. The molecule has 7 heteroatoms. The molecule has 0 unspecified atom stereocenters. The number of tetrazole rings is 1. The molecule has 2 aromatic rings. The van der Waals surface area contributed by atoms with Crippen molar-refractivity contribution < 1.29 is 4.42 Å². The zero-order valence-corrected chi connectivity index (χ0v) is 7.73. The van der Waals surface area contributed by atoms with Gasteiger partial charge in [0.2, 0.25) is 0 Å². The topological polar surface area (TPSA) is 69.6 Å². The van der Waals surface area contributed by atoms with Crippen LogP contribution >= 0.6 is 11.8 Å². The minimum Gasteiger partial charge on any atom is -0.440 e. The average molecular weight is 197 g/mol. The Morgan fingerprint density at radius 1 is 1.62 bits per heavy atom. The summed E-state index contributed by atoms with van der Waals surface area (Å²) in [6, 6.07) is 0. The first-order valence-electron chi connectivity index (χ1n) is 3.60. The van der Waals surface area contributed by atoms with E-state index in [4.69, 9.17) is 4.42 Å². The smallest absolute Gasteiger partial charge is 0.255 e. The summed E-state index contributed by atoms with van der Waals surface area (Å²) in [7, 11) is 1.73. The van der Waals surface area contributed by atoms with Crippen LogP contribution in [-0.2, 0) is 12.8 Å². The van der Waals surface area contributed by atoms with Gasteiger partial charge in [-0.2, -0.15) is 4.80 Å². The fourth-order valence-electron chi connectivity index (χ4n) is 0.789. The second-order valence-electron chi connectivity index (χ2n) is 2.28. The van der Waals surface area contributed by atoms with E-state index in [0.29, 0.717) is 16.8 Å². The Labute approximate surface area is 78.3 Å². The highest BCUT2D eigenvalue weighted by Gasteiger charge is 2.03. The Hall–Kier alpha value is -1.37. The number of nitrogens with zero attached hydrogens (tertiary/aromatic N) is 5. The molecule has 0 aliphatic rings. The number of thioether (sulfide) groups is 1. The lowest BCUT2D eigenvalue weighted by Gasteiger charge is -1.88. The van der Waals surface area contributed by atoms with Crippen LogP contribution in [0.2, 0.25) is 0 Å². The number of rotatable bonds is 3. The van der Waals surface area contributed by atoms with Gasteiger partial charge in [0.1, 0.15) is 6.26 Å². The minimum absolute atomic E-state index is 0.618. The number of hydrogen-bond acceptors (Lipinski definition) is 6. The molecular formula is C6H7N5OS. The van der Waals surface area contributed by atoms with Crippen LogP contribution in [0.4, 0.5) is 0 Å². The molecule has 6 nitrogen and oxygen atoms in total. The van der Waals surface area contributed by atoms with Gasteiger partial charge in [0.05, 0.1) is 19.0 Å². The molecule has 0 fully saturated rings. The van der Waals surface area contributed by atoms with Gasteiger partial charge in [-0.25, -0.2) is 4.98 Å². The molecule has 0 saturated heterocycles. The summed E-state index contributed by atoms with van der Waals surface area (Å²) in [5.41, 5.74) is 0. The molecule has 0 bridgehead atoms. The van der Waals surface area contributed by atoms with Crippen molar-refractivity contribution in [1.29, 1.82) is 0 Å². The van der Waals surface area contributed by atoms with Crippen LogP contribution < -0.4 is 0 Å². The van der Waals surface area contributed by atoms with Crippen molar-refractivity contribution >= 4 is 11.8 Å². The maximum absolute atomic E-state index is 5.03. The molecule has 0 aromatic carbocycles. The zero-order valence-electron chi connectivity index (χ0n) is 6.91. The monoisotopic (exact) mass is 197 g/mol. The molecule has 0 aliphatic carbocycles. The Bertz CT molecular complexity index is 370. The van der Waals surface area contributed by atoms with Gasteiger partial charge in [-0.05, 0) is 5.21 Å². The molecule has 0 N–H and O–H groups in total. The highest BCUT2D eigenvalue weighted by molar-refractivity contribution is 7.98. The van der Waals surface area contributed by atoms with E-state index in [2.05, 4.69) is 20.4 Å². The molecule has 0 radical (unpaired) electrons. The molecule has 0 atom stereocenters. The quantitative estimate of drug-likeness (QED) is 0.667. The molecule has 2 rings (SSSR count). The first kappa shape index (κ1) is 8.24. The predicted octanol–water partition coefficient (Wildman–Crippen LogP) is 0.490. The largest absolute Gasteiger partial charge is 0.440 e. The van der Waals surface area contributed by atoms with Gasteiger partial charge in [-0.3, -0.25) is 0 Å². The van der Waals surface area contributed by atoms with Gasteiger partial charge >= 0.3 is 0 Å². The lowest BCUT2D eigenvalue weighted by molar-refractivity contribution is 0.454. The van der Waals surface area contributed by atoms with Crippen LogP contribution in [0.5, 0.6) is 0 Å². The van der Waals surface area contributed by atoms with Crippen LogP contribution in [0.3, 0.4) is 0 Å². The summed E-state index contributed by atoms with van der Waals surface area (Å²) < 4.78 is 5.03. The van der Waals surface area contributed by atoms with Gasteiger partial charge in [0, 0.05) is 0 Å². The second kappa shape index (κ2) is 3.56. The second-order valence-corrected chi connectivity index (χ2v) is 3.21. The van der Waals surface area contributed by atoms with E-state index in [1.54, 1.807) is 13.2 Å². The summed E-state index contributed by atoms with van der Waals surface area (Å²) in [5, 5.41) is 12.2. The number of aromatic nitrogens is 5. The maximum Gasteiger partial charge on any atom is 0.255 e. The van der Waals surface area contributed by atoms with Crippen LogP contribution in [0.1, 0.15) is 5.82 Å². The molecule has 0 aliphatic heterocycles. The van der Waals surface area contributed by atoms with Gasteiger partial charge in [0.25, 0.3) is 5.22 Å². The van der Waals surface area contributed by atoms with Gasteiger partial charge in [0.15, 0.2) is 5.82 Å². The van der Waals surface area contributed by atoms with Crippen molar-refractivity contribution in [1.82, 2.24) is 25.2 Å². The van der Waals surface area contributed by atoms with Crippen molar-refractivity contribution in [3.05, 3.63) is 18.3 Å². The number of oxazole rings is 1. The highest BCUT2D eigenvalue weighted by atomic mass is 32.2.